The standard InChI is InChI=1S/C17H26N2O4/c1-22-16-4-2-3-13(9-16)11-23-12-15(20)10-19-7-5-14(6-8-19)17(18)21/h2-4,9,14-15,20H,5-8,10-12H2,1H3,(H2,18,21)/t15-/m0/s1. The molecule has 1 aliphatic heterocycles. The molecule has 0 bridgehead atoms. The van der Waals surface area contributed by atoms with Crippen LogP contribution in [-0.4, -0.2) is 55.4 Å². The number of hydrogen-bond acceptors (Lipinski definition) is 5. The molecule has 1 aliphatic rings. The number of β-amino-alcohol motifs (C(OH)–C–C–N with tert-alkyl or cyclic N) is 1. The van der Waals surface area contributed by atoms with Crippen molar-refractivity contribution in [2.75, 3.05) is 33.4 Å². The number of rotatable bonds is 8. The smallest absolute Gasteiger partial charge is 0.220 e. The van der Waals surface area contributed by atoms with Gasteiger partial charge in [0.05, 0.1) is 26.4 Å². The first-order valence-electron chi connectivity index (χ1n) is 7.99. The average Bonchev–Trinajstić information content (AvgIpc) is 2.55. The van der Waals surface area contributed by atoms with Crippen molar-refractivity contribution in [2.24, 2.45) is 11.7 Å². The minimum absolute atomic E-state index is 0.0206. The van der Waals surface area contributed by atoms with Gasteiger partial charge < -0.3 is 25.2 Å². The van der Waals surface area contributed by atoms with Crippen molar-refractivity contribution in [1.29, 1.82) is 0 Å². The number of carbonyl (C=O) groups is 1. The van der Waals surface area contributed by atoms with E-state index in [9.17, 15) is 9.90 Å². The van der Waals surface area contributed by atoms with E-state index < -0.39 is 6.10 Å². The molecule has 1 fully saturated rings. The minimum Gasteiger partial charge on any atom is -0.497 e. The molecule has 3 N–H and O–H groups in total. The van der Waals surface area contributed by atoms with Crippen molar-refractivity contribution in [3.8, 4) is 5.75 Å². The molecule has 1 aromatic rings. The van der Waals surface area contributed by atoms with Crippen LogP contribution in [0.5, 0.6) is 5.75 Å². The van der Waals surface area contributed by atoms with E-state index in [4.69, 9.17) is 15.2 Å². The van der Waals surface area contributed by atoms with Gasteiger partial charge in [0.25, 0.3) is 0 Å². The van der Waals surface area contributed by atoms with Gasteiger partial charge >= 0.3 is 0 Å². The first-order chi connectivity index (χ1) is 11.1. The summed E-state index contributed by atoms with van der Waals surface area (Å²) in [6.07, 6.45) is 1.00. The summed E-state index contributed by atoms with van der Waals surface area (Å²) in [7, 11) is 1.63. The highest BCUT2D eigenvalue weighted by Gasteiger charge is 2.24. The topological polar surface area (TPSA) is 85.0 Å². The Morgan fingerprint density at radius 1 is 1.43 bits per heavy atom. The lowest BCUT2D eigenvalue weighted by atomic mass is 9.96. The van der Waals surface area contributed by atoms with Gasteiger partial charge in [-0.15, -0.1) is 0 Å². The van der Waals surface area contributed by atoms with Crippen molar-refractivity contribution in [3.63, 3.8) is 0 Å². The number of carbonyl (C=O) groups excluding carboxylic acids is 1. The monoisotopic (exact) mass is 322 g/mol. The summed E-state index contributed by atoms with van der Waals surface area (Å²) < 4.78 is 10.7. The van der Waals surface area contributed by atoms with Gasteiger partial charge in [0.1, 0.15) is 5.75 Å². The molecule has 1 aromatic carbocycles. The summed E-state index contributed by atoms with van der Waals surface area (Å²) >= 11 is 0. The van der Waals surface area contributed by atoms with Crippen LogP contribution < -0.4 is 10.5 Å². The molecule has 2 rings (SSSR count). The molecule has 0 saturated carbocycles. The molecule has 0 spiro atoms. The maximum absolute atomic E-state index is 11.1. The molecule has 0 aromatic heterocycles. The molecular weight excluding hydrogens is 296 g/mol. The third kappa shape index (κ3) is 5.82. The van der Waals surface area contributed by atoms with Gasteiger partial charge in [0.15, 0.2) is 0 Å². The van der Waals surface area contributed by atoms with Crippen molar-refractivity contribution >= 4 is 5.91 Å². The molecule has 0 radical (unpaired) electrons. The Balaban J connectivity index is 1.65. The summed E-state index contributed by atoms with van der Waals surface area (Å²) in [5.41, 5.74) is 6.33. The third-order valence-electron chi connectivity index (χ3n) is 4.17. The highest BCUT2D eigenvalue weighted by atomic mass is 16.5. The van der Waals surface area contributed by atoms with E-state index in [0.29, 0.717) is 13.2 Å². The summed E-state index contributed by atoms with van der Waals surface area (Å²) in [6.45, 7) is 2.87. The van der Waals surface area contributed by atoms with Gasteiger partial charge in [-0.25, -0.2) is 0 Å². The Hall–Kier alpha value is -1.63. The van der Waals surface area contributed by atoms with E-state index in [0.717, 1.165) is 37.2 Å². The van der Waals surface area contributed by atoms with E-state index in [-0.39, 0.29) is 18.4 Å². The fourth-order valence-corrected chi connectivity index (χ4v) is 2.83. The van der Waals surface area contributed by atoms with E-state index >= 15 is 0 Å². The number of amides is 1. The van der Waals surface area contributed by atoms with Crippen LogP contribution in [0.4, 0.5) is 0 Å². The number of benzene rings is 1. The van der Waals surface area contributed by atoms with Crippen LogP contribution in [0.15, 0.2) is 24.3 Å². The quantitative estimate of drug-likeness (QED) is 0.738. The van der Waals surface area contributed by atoms with Crippen molar-refractivity contribution in [3.05, 3.63) is 29.8 Å². The first-order valence-corrected chi connectivity index (χ1v) is 7.99. The van der Waals surface area contributed by atoms with Gasteiger partial charge in [-0.05, 0) is 43.6 Å². The van der Waals surface area contributed by atoms with E-state index in [1.54, 1.807) is 7.11 Å². The zero-order valence-electron chi connectivity index (χ0n) is 13.6. The minimum atomic E-state index is -0.536. The molecule has 128 valence electrons. The first kappa shape index (κ1) is 17.7. The number of piperidine rings is 1. The lowest BCUT2D eigenvalue weighted by Crippen LogP contribution is -2.42. The number of methoxy groups -OCH3 is 1. The van der Waals surface area contributed by atoms with E-state index in [2.05, 4.69) is 4.90 Å². The van der Waals surface area contributed by atoms with Gasteiger partial charge in [-0.2, -0.15) is 0 Å². The predicted molar refractivity (Wildman–Crippen MR) is 87.0 cm³/mol. The second kappa shape index (κ2) is 8.86. The van der Waals surface area contributed by atoms with Crippen LogP contribution in [-0.2, 0) is 16.1 Å². The second-order valence-corrected chi connectivity index (χ2v) is 6.00. The highest BCUT2D eigenvalue weighted by molar-refractivity contribution is 5.76. The molecule has 6 nitrogen and oxygen atoms in total. The Morgan fingerprint density at radius 3 is 2.83 bits per heavy atom. The molecule has 1 heterocycles. The maximum Gasteiger partial charge on any atom is 0.220 e. The molecule has 1 saturated heterocycles. The number of primary amides is 1. The van der Waals surface area contributed by atoms with Gasteiger partial charge in [0.2, 0.25) is 5.91 Å². The number of likely N-dealkylation sites (tertiary alicyclic amines) is 1. The predicted octanol–water partition coefficient (Wildman–Crippen LogP) is 0.770. The summed E-state index contributed by atoms with van der Waals surface area (Å²) in [5.74, 6) is 0.559. The molecule has 0 unspecified atom stereocenters. The second-order valence-electron chi connectivity index (χ2n) is 6.00. The van der Waals surface area contributed by atoms with Crippen LogP contribution in [0.25, 0.3) is 0 Å². The van der Waals surface area contributed by atoms with Gasteiger partial charge in [-0.1, -0.05) is 12.1 Å². The lowest BCUT2D eigenvalue weighted by Gasteiger charge is -2.31. The van der Waals surface area contributed by atoms with Crippen LogP contribution in [0.2, 0.25) is 0 Å². The Kier molecular flexibility index (Phi) is 6.83. The molecule has 0 aliphatic carbocycles. The van der Waals surface area contributed by atoms with Crippen LogP contribution in [0.1, 0.15) is 18.4 Å². The molecule has 23 heavy (non-hydrogen) atoms. The zero-order valence-corrected chi connectivity index (χ0v) is 13.6. The van der Waals surface area contributed by atoms with E-state index in [1.165, 1.54) is 0 Å². The maximum atomic E-state index is 11.1. The SMILES string of the molecule is COc1cccc(COC[C@@H](O)CN2CCC(C(N)=O)CC2)c1. The molecule has 1 atom stereocenters. The lowest BCUT2D eigenvalue weighted by molar-refractivity contribution is -0.123. The largest absolute Gasteiger partial charge is 0.497 e. The number of hydrogen-bond donors (Lipinski definition) is 2. The number of aliphatic hydroxyl groups is 1. The zero-order chi connectivity index (χ0) is 16.7. The van der Waals surface area contributed by atoms with Gasteiger partial charge in [0, 0.05) is 12.5 Å². The summed E-state index contributed by atoms with van der Waals surface area (Å²) in [4.78, 5) is 13.3. The van der Waals surface area contributed by atoms with Crippen LogP contribution >= 0.6 is 0 Å². The number of ether oxygens (including phenoxy) is 2. The highest BCUT2D eigenvalue weighted by Crippen LogP contribution is 2.17. The number of aliphatic hydroxyl groups excluding tert-OH is 1. The number of nitrogens with zero attached hydrogens (tertiary/aromatic N) is 1. The molecular formula is C17H26N2O4. The number of nitrogens with two attached hydrogens (primary N) is 1. The molecule has 1 amide bonds. The van der Waals surface area contributed by atoms with Crippen molar-refractivity contribution in [2.45, 2.75) is 25.6 Å². The van der Waals surface area contributed by atoms with E-state index in [1.807, 2.05) is 24.3 Å². The fraction of sp³-hybridized carbons (Fsp3) is 0.588. The normalized spacial score (nSPS) is 17.8. The van der Waals surface area contributed by atoms with Crippen molar-refractivity contribution < 1.29 is 19.4 Å². The Bertz CT molecular complexity index is 501. The van der Waals surface area contributed by atoms with Crippen molar-refractivity contribution in [1.82, 2.24) is 4.90 Å². The third-order valence-corrected chi connectivity index (χ3v) is 4.17. The average molecular weight is 322 g/mol. The molecule has 6 heteroatoms. The van der Waals surface area contributed by atoms with Crippen LogP contribution in [0.3, 0.4) is 0 Å². The Morgan fingerprint density at radius 2 is 2.17 bits per heavy atom. The fourth-order valence-electron chi connectivity index (χ4n) is 2.83. The van der Waals surface area contributed by atoms with Gasteiger partial charge in [-0.3, -0.25) is 4.79 Å². The Labute approximate surface area is 137 Å². The summed E-state index contributed by atoms with van der Waals surface area (Å²) in [6, 6.07) is 7.68. The van der Waals surface area contributed by atoms with Crippen LogP contribution in [0, 0.1) is 5.92 Å². The summed E-state index contributed by atoms with van der Waals surface area (Å²) in [5, 5.41) is 10.1.